The molecule has 1 aliphatic carbocycles. The van der Waals surface area contributed by atoms with Gasteiger partial charge < -0.3 is 5.73 Å². The predicted molar refractivity (Wildman–Crippen MR) is 51.0 cm³/mol. The van der Waals surface area contributed by atoms with Crippen LogP contribution in [0.25, 0.3) is 0 Å². The summed E-state index contributed by atoms with van der Waals surface area (Å²) in [6.45, 7) is 0.919. The van der Waals surface area contributed by atoms with Crippen molar-refractivity contribution >= 4 is 5.82 Å². The Balaban J connectivity index is 1.78. The van der Waals surface area contributed by atoms with Gasteiger partial charge >= 0.3 is 0 Å². The van der Waals surface area contributed by atoms with Gasteiger partial charge in [0.2, 0.25) is 0 Å². The number of nitrogen functional groups attached to an aromatic ring is 1. The van der Waals surface area contributed by atoms with Gasteiger partial charge in [0.15, 0.2) is 5.82 Å². The molecular formula is C9H16N4. The molecule has 72 valence electrons. The fourth-order valence-corrected chi connectivity index (χ4v) is 2.02. The zero-order chi connectivity index (χ0) is 9.10. The van der Waals surface area contributed by atoms with Crippen LogP contribution in [-0.4, -0.2) is 15.0 Å². The van der Waals surface area contributed by atoms with E-state index in [-0.39, 0.29) is 0 Å². The van der Waals surface area contributed by atoms with Crippen molar-refractivity contribution in [3.63, 3.8) is 0 Å². The van der Waals surface area contributed by atoms with Crippen LogP contribution >= 0.6 is 0 Å². The van der Waals surface area contributed by atoms with Crippen molar-refractivity contribution in [1.29, 1.82) is 0 Å². The Hall–Kier alpha value is -1.06. The van der Waals surface area contributed by atoms with E-state index in [1.165, 1.54) is 32.1 Å². The first kappa shape index (κ1) is 8.53. The third-order valence-corrected chi connectivity index (χ3v) is 2.77. The van der Waals surface area contributed by atoms with E-state index in [1.807, 2.05) is 0 Å². The highest BCUT2D eigenvalue weighted by Gasteiger charge is 2.14. The molecule has 0 spiro atoms. The quantitative estimate of drug-likeness (QED) is 0.765. The lowest BCUT2D eigenvalue weighted by Crippen LogP contribution is -2.06. The third kappa shape index (κ3) is 2.20. The maximum absolute atomic E-state index is 5.47. The monoisotopic (exact) mass is 180 g/mol. The first-order valence-electron chi connectivity index (χ1n) is 5.00. The van der Waals surface area contributed by atoms with Gasteiger partial charge in [0.05, 0.1) is 12.7 Å². The molecule has 4 heteroatoms. The van der Waals surface area contributed by atoms with E-state index in [0.717, 1.165) is 12.5 Å². The summed E-state index contributed by atoms with van der Waals surface area (Å²) in [5, 5.41) is 8.11. The lowest BCUT2D eigenvalue weighted by molar-refractivity contribution is 0.414. The van der Waals surface area contributed by atoms with Crippen LogP contribution in [0.2, 0.25) is 0 Å². The maximum atomic E-state index is 5.47. The number of nitrogens with zero attached hydrogens (tertiary/aromatic N) is 3. The molecule has 2 rings (SSSR count). The minimum absolute atomic E-state index is 0.520. The second-order valence-corrected chi connectivity index (χ2v) is 3.80. The highest BCUT2D eigenvalue weighted by molar-refractivity contribution is 5.19. The predicted octanol–water partition coefficient (Wildman–Crippen LogP) is 1.44. The summed E-state index contributed by atoms with van der Waals surface area (Å²) in [5.41, 5.74) is 5.47. The number of aryl methyl sites for hydroxylation is 1. The van der Waals surface area contributed by atoms with Crippen molar-refractivity contribution in [3.8, 4) is 0 Å². The third-order valence-electron chi connectivity index (χ3n) is 2.77. The largest absolute Gasteiger partial charge is 0.381 e. The van der Waals surface area contributed by atoms with Gasteiger partial charge in [-0.2, -0.15) is 9.90 Å². The Labute approximate surface area is 78.1 Å². The Morgan fingerprint density at radius 2 is 2.23 bits per heavy atom. The number of rotatable bonds is 3. The summed E-state index contributed by atoms with van der Waals surface area (Å²) in [4.78, 5) is 1.70. The normalized spacial score (nSPS) is 18.2. The molecule has 4 nitrogen and oxygen atoms in total. The van der Waals surface area contributed by atoms with E-state index < -0.39 is 0 Å². The number of aromatic nitrogens is 3. The molecule has 0 amide bonds. The lowest BCUT2D eigenvalue weighted by atomic mass is 10.0. The fourth-order valence-electron chi connectivity index (χ4n) is 2.02. The second-order valence-electron chi connectivity index (χ2n) is 3.80. The van der Waals surface area contributed by atoms with E-state index in [1.54, 1.807) is 11.0 Å². The molecule has 0 saturated heterocycles. The Bertz CT molecular complexity index is 262. The van der Waals surface area contributed by atoms with Gasteiger partial charge in [0.1, 0.15) is 0 Å². The van der Waals surface area contributed by atoms with Crippen molar-refractivity contribution in [2.24, 2.45) is 5.92 Å². The number of hydrogen-bond acceptors (Lipinski definition) is 3. The van der Waals surface area contributed by atoms with Crippen LogP contribution in [0.1, 0.15) is 32.1 Å². The van der Waals surface area contributed by atoms with E-state index >= 15 is 0 Å². The minimum Gasteiger partial charge on any atom is -0.381 e. The summed E-state index contributed by atoms with van der Waals surface area (Å²) < 4.78 is 0. The minimum atomic E-state index is 0.520. The Morgan fingerprint density at radius 1 is 1.46 bits per heavy atom. The maximum Gasteiger partial charge on any atom is 0.165 e. The van der Waals surface area contributed by atoms with Gasteiger partial charge in [0.25, 0.3) is 0 Å². The summed E-state index contributed by atoms with van der Waals surface area (Å²) in [5.74, 6) is 1.42. The molecule has 0 aromatic carbocycles. The molecule has 0 radical (unpaired) electrons. The summed E-state index contributed by atoms with van der Waals surface area (Å²) in [6, 6.07) is 0. The van der Waals surface area contributed by atoms with Gasteiger partial charge in [-0.05, 0) is 12.3 Å². The average molecular weight is 180 g/mol. The van der Waals surface area contributed by atoms with Crippen LogP contribution < -0.4 is 5.73 Å². The van der Waals surface area contributed by atoms with Crippen molar-refractivity contribution in [2.75, 3.05) is 5.73 Å². The van der Waals surface area contributed by atoms with Crippen molar-refractivity contribution in [3.05, 3.63) is 6.20 Å². The van der Waals surface area contributed by atoms with Crippen LogP contribution in [-0.2, 0) is 6.54 Å². The Morgan fingerprint density at radius 3 is 2.85 bits per heavy atom. The molecular weight excluding hydrogens is 164 g/mol. The van der Waals surface area contributed by atoms with E-state index in [9.17, 15) is 0 Å². The summed E-state index contributed by atoms with van der Waals surface area (Å²) in [6.07, 6.45) is 8.38. The standard InChI is InChI=1S/C9H16N4/c10-9-7-11-13(12-9)6-5-8-3-1-2-4-8/h7-8H,1-6H2,(H2,10,12). The van der Waals surface area contributed by atoms with E-state index in [2.05, 4.69) is 10.2 Å². The van der Waals surface area contributed by atoms with Crippen molar-refractivity contribution < 1.29 is 0 Å². The molecule has 2 N–H and O–H groups in total. The zero-order valence-electron chi connectivity index (χ0n) is 7.82. The van der Waals surface area contributed by atoms with Crippen LogP contribution in [0.3, 0.4) is 0 Å². The summed E-state index contributed by atoms with van der Waals surface area (Å²) in [7, 11) is 0. The SMILES string of the molecule is Nc1cnn(CCC2CCCC2)n1. The fraction of sp³-hybridized carbons (Fsp3) is 0.778. The van der Waals surface area contributed by atoms with E-state index in [4.69, 9.17) is 5.73 Å². The zero-order valence-corrected chi connectivity index (χ0v) is 7.82. The summed E-state index contributed by atoms with van der Waals surface area (Å²) >= 11 is 0. The molecule has 0 aliphatic heterocycles. The van der Waals surface area contributed by atoms with Gasteiger partial charge in [-0.15, -0.1) is 5.10 Å². The Kier molecular flexibility index (Phi) is 2.47. The second kappa shape index (κ2) is 3.77. The van der Waals surface area contributed by atoms with Crippen molar-refractivity contribution in [2.45, 2.75) is 38.6 Å². The molecule has 0 atom stereocenters. The molecule has 0 bridgehead atoms. The number of hydrogen-bond donors (Lipinski definition) is 1. The molecule has 0 unspecified atom stereocenters. The van der Waals surface area contributed by atoms with Crippen LogP contribution in [0.15, 0.2) is 6.20 Å². The topological polar surface area (TPSA) is 56.7 Å². The smallest absolute Gasteiger partial charge is 0.165 e. The van der Waals surface area contributed by atoms with Gasteiger partial charge in [0, 0.05) is 0 Å². The van der Waals surface area contributed by atoms with Gasteiger partial charge in [-0.25, -0.2) is 0 Å². The molecule has 1 fully saturated rings. The highest BCUT2D eigenvalue weighted by Crippen LogP contribution is 2.27. The van der Waals surface area contributed by atoms with E-state index in [0.29, 0.717) is 5.82 Å². The molecule has 1 heterocycles. The van der Waals surface area contributed by atoms with Crippen LogP contribution in [0, 0.1) is 5.92 Å². The average Bonchev–Trinajstić information content (AvgIpc) is 2.71. The molecule has 1 aliphatic rings. The first-order valence-corrected chi connectivity index (χ1v) is 5.00. The van der Waals surface area contributed by atoms with Crippen LogP contribution in [0.5, 0.6) is 0 Å². The van der Waals surface area contributed by atoms with Gasteiger partial charge in [-0.1, -0.05) is 25.7 Å². The number of nitrogens with two attached hydrogens (primary N) is 1. The molecule has 13 heavy (non-hydrogen) atoms. The number of anilines is 1. The van der Waals surface area contributed by atoms with Crippen molar-refractivity contribution in [1.82, 2.24) is 15.0 Å². The molecule has 1 saturated carbocycles. The van der Waals surface area contributed by atoms with Gasteiger partial charge in [-0.3, -0.25) is 0 Å². The van der Waals surface area contributed by atoms with Crippen LogP contribution in [0.4, 0.5) is 5.82 Å². The first-order chi connectivity index (χ1) is 6.34. The highest BCUT2D eigenvalue weighted by atomic mass is 15.5. The molecule has 1 aromatic rings. The lowest BCUT2D eigenvalue weighted by Gasteiger charge is -2.06. The molecule has 1 aromatic heterocycles.